The highest BCUT2D eigenvalue weighted by molar-refractivity contribution is 6.08. The molecule has 6 rings (SSSR count). The number of nitrogens with zero attached hydrogens (tertiary/aromatic N) is 2. The van der Waals surface area contributed by atoms with Gasteiger partial charge in [-0.15, -0.1) is 0 Å². The van der Waals surface area contributed by atoms with Crippen LogP contribution in [0, 0.1) is 12.8 Å². The van der Waals surface area contributed by atoms with Crippen LogP contribution in [0.4, 0.5) is 5.69 Å². The van der Waals surface area contributed by atoms with E-state index in [1.165, 1.54) is 42.3 Å². The van der Waals surface area contributed by atoms with Crippen LogP contribution < -0.4 is 4.90 Å². The molecule has 24 heavy (non-hydrogen) atoms. The molecule has 2 bridgehead atoms. The van der Waals surface area contributed by atoms with Gasteiger partial charge in [0.2, 0.25) is 5.71 Å². The van der Waals surface area contributed by atoms with Gasteiger partial charge in [-0.05, 0) is 70.1 Å². The van der Waals surface area contributed by atoms with Crippen molar-refractivity contribution in [3.63, 3.8) is 0 Å². The van der Waals surface area contributed by atoms with Gasteiger partial charge < -0.3 is 9.32 Å². The summed E-state index contributed by atoms with van der Waals surface area (Å²) in [5, 5.41) is 2.31. The zero-order valence-electron chi connectivity index (χ0n) is 14.7. The highest BCUT2D eigenvalue weighted by atomic mass is 16.3. The first-order valence-corrected chi connectivity index (χ1v) is 9.15. The van der Waals surface area contributed by atoms with Gasteiger partial charge in [0.15, 0.2) is 5.58 Å². The van der Waals surface area contributed by atoms with Crippen LogP contribution >= 0.6 is 0 Å². The summed E-state index contributed by atoms with van der Waals surface area (Å²) in [4.78, 5) is 7.12. The number of rotatable bonds is 1. The van der Waals surface area contributed by atoms with Crippen LogP contribution in [0.5, 0.6) is 0 Å². The third kappa shape index (κ3) is 1.76. The molecule has 4 heterocycles. The van der Waals surface area contributed by atoms with Gasteiger partial charge in [0.05, 0.1) is 5.69 Å². The molecule has 2 aromatic heterocycles. The Morgan fingerprint density at radius 1 is 1.17 bits per heavy atom. The molecule has 3 heteroatoms. The van der Waals surface area contributed by atoms with E-state index >= 15 is 0 Å². The predicted molar refractivity (Wildman–Crippen MR) is 98.6 cm³/mol. The summed E-state index contributed by atoms with van der Waals surface area (Å²) in [6.07, 6.45) is 7.12. The minimum atomic E-state index is 0.250. The molecule has 1 aromatic carbocycles. The molecular weight excluding hydrogens is 296 g/mol. The van der Waals surface area contributed by atoms with Crippen molar-refractivity contribution in [2.45, 2.75) is 58.0 Å². The number of hydrogen-bond acceptors (Lipinski definition) is 3. The molecule has 124 valence electrons. The van der Waals surface area contributed by atoms with Crippen LogP contribution in [-0.4, -0.2) is 16.6 Å². The molecule has 0 radical (unpaired) electrons. The molecule has 2 aliphatic heterocycles. The third-order valence-corrected chi connectivity index (χ3v) is 6.61. The van der Waals surface area contributed by atoms with Gasteiger partial charge in [-0.1, -0.05) is 12.1 Å². The number of pyridine rings is 1. The fourth-order valence-corrected chi connectivity index (χ4v) is 5.22. The molecule has 2 saturated heterocycles. The summed E-state index contributed by atoms with van der Waals surface area (Å²) < 4.78 is 6.27. The average molecular weight is 320 g/mol. The van der Waals surface area contributed by atoms with Gasteiger partial charge >= 0.3 is 0 Å². The fraction of sp³-hybridized carbons (Fsp3) is 0.476. The third-order valence-electron chi connectivity index (χ3n) is 6.61. The van der Waals surface area contributed by atoms with Crippen molar-refractivity contribution in [3.05, 3.63) is 36.0 Å². The van der Waals surface area contributed by atoms with E-state index in [4.69, 9.17) is 4.42 Å². The first kappa shape index (κ1) is 14.3. The van der Waals surface area contributed by atoms with E-state index in [9.17, 15) is 0 Å². The largest absolute Gasteiger partial charge is 0.436 e. The molecule has 3 aliphatic rings. The van der Waals surface area contributed by atoms with E-state index in [2.05, 4.69) is 48.9 Å². The Morgan fingerprint density at radius 3 is 2.71 bits per heavy atom. The number of aryl methyl sites for hydroxylation is 1. The lowest BCUT2D eigenvalue weighted by Crippen LogP contribution is -2.61. The Balaban J connectivity index is 1.81. The Hall–Kier alpha value is -2.03. The van der Waals surface area contributed by atoms with E-state index in [0.717, 1.165) is 22.6 Å². The van der Waals surface area contributed by atoms with Crippen LogP contribution in [-0.2, 0) is 0 Å². The standard InChI is InChI=1S/C21H24N2O/c1-13-6-7-16-17-5-4-12-22-20(17)24-19(16)18(13)23-14(2)15-8-10-21(23,3)11-9-15/h4-7,12,14-15H,8-11H2,1-3H3/t14-,15?,21?/m0/s1. The van der Waals surface area contributed by atoms with Gasteiger partial charge in [0.25, 0.3) is 0 Å². The lowest BCUT2D eigenvalue weighted by atomic mass is 9.67. The molecule has 0 N–H and O–H groups in total. The van der Waals surface area contributed by atoms with Crippen LogP contribution in [0.25, 0.3) is 22.1 Å². The molecule has 1 aliphatic carbocycles. The summed E-state index contributed by atoms with van der Waals surface area (Å²) in [5.41, 5.74) is 4.62. The molecule has 0 amide bonds. The highest BCUT2D eigenvalue weighted by Crippen LogP contribution is 2.51. The number of piperidine rings is 2. The lowest BCUT2D eigenvalue weighted by molar-refractivity contribution is 0.134. The smallest absolute Gasteiger partial charge is 0.227 e. The van der Waals surface area contributed by atoms with E-state index in [1.807, 2.05) is 12.3 Å². The summed E-state index contributed by atoms with van der Waals surface area (Å²) in [5.74, 6) is 0.809. The molecule has 0 spiro atoms. The highest BCUT2D eigenvalue weighted by Gasteiger charge is 2.48. The second-order valence-electron chi connectivity index (χ2n) is 8.01. The maximum absolute atomic E-state index is 6.27. The van der Waals surface area contributed by atoms with Crippen LogP contribution in [0.3, 0.4) is 0 Å². The number of anilines is 1. The minimum Gasteiger partial charge on any atom is -0.436 e. The van der Waals surface area contributed by atoms with Crippen LogP contribution in [0.15, 0.2) is 34.9 Å². The monoisotopic (exact) mass is 320 g/mol. The van der Waals surface area contributed by atoms with Crippen molar-refractivity contribution in [3.8, 4) is 0 Å². The number of benzene rings is 1. The van der Waals surface area contributed by atoms with Crippen LogP contribution in [0.1, 0.15) is 45.1 Å². The number of fused-ring (bicyclic) bond motifs is 6. The van der Waals surface area contributed by atoms with E-state index in [0.29, 0.717) is 6.04 Å². The number of aromatic nitrogens is 1. The van der Waals surface area contributed by atoms with Crippen molar-refractivity contribution >= 4 is 27.8 Å². The minimum absolute atomic E-state index is 0.250. The molecule has 0 unspecified atom stereocenters. The van der Waals surface area contributed by atoms with Crippen molar-refractivity contribution in [2.75, 3.05) is 4.90 Å². The maximum atomic E-state index is 6.27. The maximum Gasteiger partial charge on any atom is 0.227 e. The van der Waals surface area contributed by atoms with Gasteiger partial charge in [0.1, 0.15) is 0 Å². The number of hydrogen-bond donors (Lipinski definition) is 0. The first-order valence-electron chi connectivity index (χ1n) is 9.15. The van der Waals surface area contributed by atoms with Crippen molar-refractivity contribution in [1.82, 2.24) is 4.98 Å². The van der Waals surface area contributed by atoms with Gasteiger partial charge in [-0.2, -0.15) is 0 Å². The predicted octanol–water partition coefficient (Wildman–Crippen LogP) is 5.45. The van der Waals surface area contributed by atoms with Crippen molar-refractivity contribution < 1.29 is 4.42 Å². The molecule has 1 saturated carbocycles. The van der Waals surface area contributed by atoms with E-state index in [-0.39, 0.29) is 5.54 Å². The van der Waals surface area contributed by atoms with Crippen LogP contribution in [0.2, 0.25) is 0 Å². The first-order chi connectivity index (χ1) is 11.6. The SMILES string of the molecule is Cc1ccc2c(oc3ncccc32)c1N1[C@@H](C)C2CCC1(C)CC2. The topological polar surface area (TPSA) is 29.3 Å². The Labute approximate surface area is 142 Å². The summed E-state index contributed by atoms with van der Waals surface area (Å²) in [6.45, 7) is 7.06. The normalized spacial score (nSPS) is 29.7. The molecule has 3 fully saturated rings. The number of furan rings is 1. The fourth-order valence-electron chi connectivity index (χ4n) is 5.22. The zero-order valence-corrected chi connectivity index (χ0v) is 14.7. The van der Waals surface area contributed by atoms with Gasteiger partial charge in [-0.25, -0.2) is 4.98 Å². The quantitative estimate of drug-likeness (QED) is 0.597. The summed E-state index contributed by atoms with van der Waals surface area (Å²) in [6, 6.07) is 9.11. The molecule has 3 aromatic rings. The van der Waals surface area contributed by atoms with Crippen molar-refractivity contribution in [1.29, 1.82) is 0 Å². The zero-order chi connectivity index (χ0) is 16.5. The lowest BCUT2D eigenvalue weighted by Gasteiger charge is -2.58. The average Bonchev–Trinajstić information content (AvgIpc) is 2.95. The van der Waals surface area contributed by atoms with Gasteiger partial charge in [0, 0.05) is 28.6 Å². The molecular formula is C21H24N2O. The molecule has 1 atom stereocenters. The Morgan fingerprint density at radius 2 is 1.96 bits per heavy atom. The second-order valence-corrected chi connectivity index (χ2v) is 8.01. The summed E-state index contributed by atoms with van der Waals surface area (Å²) in [7, 11) is 0. The molecule has 3 nitrogen and oxygen atoms in total. The Bertz CT molecular complexity index is 934. The van der Waals surface area contributed by atoms with E-state index < -0.39 is 0 Å². The summed E-state index contributed by atoms with van der Waals surface area (Å²) >= 11 is 0. The second kappa shape index (κ2) is 4.75. The van der Waals surface area contributed by atoms with Crippen molar-refractivity contribution in [2.24, 2.45) is 5.92 Å². The van der Waals surface area contributed by atoms with E-state index in [1.54, 1.807) is 0 Å². The van der Waals surface area contributed by atoms with Gasteiger partial charge in [-0.3, -0.25) is 0 Å². The Kier molecular flexibility index (Phi) is 2.83.